The molecule has 0 amide bonds. The van der Waals surface area contributed by atoms with Crippen molar-refractivity contribution < 1.29 is 22.7 Å². The summed E-state index contributed by atoms with van der Waals surface area (Å²) in [7, 11) is 0. The van der Waals surface area contributed by atoms with Gasteiger partial charge in [-0.2, -0.15) is 13.2 Å². The third-order valence-electron chi connectivity index (χ3n) is 2.61. The van der Waals surface area contributed by atoms with Gasteiger partial charge in [0.1, 0.15) is 11.5 Å². The predicted octanol–water partition coefficient (Wildman–Crippen LogP) is 3.40. The van der Waals surface area contributed by atoms with Gasteiger partial charge >= 0.3 is 6.18 Å². The Bertz CT molecular complexity index is 578. The van der Waals surface area contributed by atoms with Crippen LogP contribution in [0.2, 0.25) is 0 Å². The van der Waals surface area contributed by atoms with Crippen LogP contribution >= 0.6 is 0 Å². The third kappa shape index (κ3) is 2.73. The molecule has 1 aromatic carbocycles. The van der Waals surface area contributed by atoms with Crippen LogP contribution in [0.25, 0.3) is 11.1 Å². The lowest BCUT2D eigenvalue weighted by atomic mass is 10.0. The molecule has 0 saturated carbocycles. The normalized spacial score (nSPS) is 11.6. The molecule has 100 valence electrons. The number of hydrogen-bond donors (Lipinski definition) is 1. The van der Waals surface area contributed by atoms with Crippen LogP contribution in [0, 0.1) is 5.82 Å². The van der Waals surface area contributed by atoms with Crippen molar-refractivity contribution in [2.75, 3.05) is 0 Å². The van der Waals surface area contributed by atoms with Gasteiger partial charge in [-0.15, -0.1) is 0 Å². The van der Waals surface area contributed by atoms with E-state index in [9.17, 15) is 17.6 Å². The minimum Gasteiger partial charge on any atom is -0.392 e. The zero-order chi connectivity index (χ0) is 14.0. The molecule has 0 aliphatic carbocycles. The minimum atomic E-state index is -4.52. The van der Waals surface area contributed by atoms with Gasteiger partial charge in [0, 0.05) is 22.9 Å². The number of benzene rings is 1. The monoisotopic (exact) mass is 271 g/mol. The highest BCUT2D eigenvalue weighted by molar-refractivity contribution is 5.64. The highest BCUT2D eigenvalue weighted by atomic mass is 19.4. The standard InChI is InChI=1S/C13H9F4NO/c14-12-9(7-19)2-1-3-10(12)8-4-5-11(18-6-8)13(15,16)17/h1-6,19H,7H2. The minimum absolute atomic E-state index is 0.0809. The second kappa shape index (κ2) is 4.97. The highest BCUT2D eigenvalue weighted by Gasteiger charge is 2.32. The van der Waals surface area contributed by atoms with Gasteiger partial charge in [-0.05, 0) is 6.07 Å². The van der Waals surface area contributed by atoms with E-state index >= 15 is 0 Å². The summed E-state index contributed by atoms with van der Waals surface area (Å²) in [6.07, 6.45) is -3.56. The number of nitrogens with zero attached hydrogens (tertiary/aromatic N) is 1. The van der Waals surface area contributed by atoms with E-state index in [4.69, 9.17) is 5.11 Å². The van der Waals surface area contributed by atoms with Crippen LogP contribution in [-0.2, 0) is 12.8 Å². The second-order valence-corrected chi connectivity index (χ2v) is 3.87. The third-order valence-corrected chi connectivity index (χ3v) is 2.61. The maximum absolute atomic E-state index is 13.9. The molecular weight excluding hydrogens is 262 g/mol. The van der Waals surface area contributed by atoms with Crippen molar-refractivity contribution in [3.8, 4) is 11.1 Å². The van der Waals surface area contributed by atoms with Gasteiger partial charge in [0.05, 0.1) is 6.61 Å². The number of rotatable bonds is 2. The molecule has 6 heteroatoms. The number of hydrogen-bond acceptors (Lipinski definition) is 2. The van der Waals surface area contributed by atoms with Crippen LogP contribution in [0.1, 0.15) is 11.3 Å². The summed E-state index contributed by atoms with van der Waals surface area (Å²) in [5.41, 5.74) is -0.624. The quantitative estimate of drug-likeness (QED) is 0.849. The summed E-state index contributed by atoms with van der Waals surface area (Å²) in [5, 5.41) is 8.94. The van der Waals surface area contributed by atoms with Gasteiger partial charge in [-0.1, -0.05) is 24.3 Å². The van der Waals surface area contributed by atoms with Crippen molar-refractivity contribution >= 4 is 0 Å². The SMILES string of the molecule is OCc1cccc(-c2ccc(C(F)(F)F)nc2)c1F. The molecule has 1 heterocycles. The Labute approximate surface area is 106 Å². The molecule has 1 aromatic heterocycles. The predicted molar refractivity (Wildman–Crippen MR) is 60.6 cm³/mol. The van der Waals surface area contributed by atoms with Crippen LogP contribution in [0.5, 0.6) is 0 Å². The zero-order valence-electron chi connectivity index (χ0n) is 9.58. The van der Waals surface area contributed by atoms with Gasteiger partial charge in [-0.3, -0.25) is 4.98 Å². The lowest BCUT2D eigenvalue weighted by molar-refractivity contribution is -0.141. The van der Waals surface area contributed by atoms with E-state index in [1.807, 2.05) is 0 Å². The second-order valence-electron chi connectivity index (χ2n) is 3.87. The van der Waals surface area contributed by atoms with Gasteiger partial charge in [0.2, 0.25) is 0 Å². The Hall–Kier alpha value is -1.95. The Morgan fingerprint density at radius 3 is 2.37 bits per heavy atom. The fourth-order valence-corrected chi connectivity index (χ4v) is 1.65. The van der Waals surface area contributed by atoms with Gasteiger partial charge < -0.3 is 5.11 Å². The van der Waals surface area contributed by atoms with E-state index in [1.165, 1.54) is 18.2 Å². The molecule has 1 N–H and O–H groups in total. The molecule has 0 bridgehead atoms. The first-order valence-corrected chi connectivity index (χ1v) is 5.35. The van der Waals surface area contributed by atoms with Crippen molar-refractivity contribution in [1.29, 1.82) is 0 Å². The molecule has 2 rings (SSSR count). The number of aliphatic hydroxyl groups is 1. The molecule has 2 nitrogen and oxygen atoms in total. The van der Waals surface area contributed by atoms with Crippen LogP contribution in [0.3, 0.4) is 0 Å². The highest BCUT2D eigenvalue weighted by Crippen LogP contribution is 2.30. The van der Waals surface area contributed by atoms with Crippen LogP contribution in [-0.4, -0.2) is 10.1 Å². The van der Waals surface area contributed by atoms with Crippen molar-refractivity contribution in [3.63, 3.8) is 0 Å². The maximum atomic E-state index is 13.9. The fourth-order valence-electron chi connectivity index (χ4n) is 1.65. The van der Waals surface area contributed by atoms with Gasteiger partial charge in [0.15, 0.2) is 0 Å². The van der Waals surface area contributed by atoms with Crippen LogP contribution < -0.4 is 0 Å². The Morgan fingerprint density at radius 2 is 1.84 bits per heavy atom. The first kappa shape index (κ1) is 13.5. The van der Waals surface area contributed by atoms with Crippen molar-refractivity contribution in [1.82, 2.24) is 4.98 Å². The average molecular weight is 271 g/mol. The smallest absolute Gasteiger partial charge is 0.392 e. The molecule has 0 radical (unpaired) electrons. The summed E-state index contributed by atoms with van der Waals surface area (Å²) < 4.78 is 50.9. The molecule has 0 aliphatic rings. The van der Waals surface area contributed by atoms with Gasteiger partial charge in [0.25, 0.3) is 0 Å². The van der Waals surface area contributed by atoms with E-state index in [0.29, 0.717) is 0 Å². The Balaban J connectivity index is 2.43. The average Bonchev–Trinajstić information content (AvgIpc) is 2.38. The molecule has 2 aromatic rings. The summed E-state index contributed by atoms with van der Waals surface area (Å²) in [6.45, 7) is -0.478. The first-order valence-electron chi connectivity index (χ1n) is 5.35. The molecule has 0 unspecified atom stereocenters. The molecule has 19 heavy (non-hydrogen) atoms. The first-order chi connectivity index (χ1) is 8.93. The zero-order valence-corrected chi connectivity index (χ0v) is 9.58. The Kier molecular flexibility index (Phi) is 3.53. The van der Waals surface area contributed by atoms with Crippen LogP contribution in [0.4, 0.5) is 17.6 Å². The number of alkyl halides is 3. The van der Waals surface area contributed by atoms with E-state index in [-0.39, 0.29) is 16.7 Å². The van der Waals surface area contributed by atoms with E-state index < -0.39 is 24.3 Å². The molecule has 0 saturated heterocycles. The summed E-state index contributed by atoms with van der Waals surface area (Å²) in [6, 6.07) is 6.27. The van der Waals surface area contributed by atoms with E-state index in [0.717, 1.165) is 18.3 Å². The molecule has 0 spiro atoms. The largest absolute Gasteiger partial charge is 0.433 e. The van der Waals surface area contributed by atoms with E-state index in [1.54, 1.807) is 0 Å². The molecule has 0 atom stereocenters. The molecule has 0 aliphatic heterocycles. The van der Waals surface area contributed by atoms with Crippen molar-refractivity contribution in [2.45, 2.75) is 12.8 Å². The molecule has 0 fully saturated rings. The van der Waals surface area contributed by atoms with E-state index in [2.05, 4.69) is 4.98 Å². The lowest BCUT2D eigenvalue weighted by Crippen LogP contribution is -2.07. The van der Waals surface area contributed by atoms with Crippen LogP contribution in [0.15, 0.2) is 36.5 Å². The van der Waals surface area contributed by atoms with Gasteiger partial charge in [-0.25, -0.2) is 4.39 Å². The Morgan fingerprint density at radius 1 is 1.11 bits per heavy atom. The topological polar surface area (TPSA) is 33.1 Å². The fraction of sp³-hybridized carbons (Fsp3) is 0.154. The number of halogens is 4. The molecular formula is C13H9F4NO. The number of aromatic nitrogens is 1. The number of aliphatic hydroxyl groups excluding tert-OH is 1. The maximum Gasteiger partial charge on any atom is 0.433 e. The summed E-state index contributed by atoms with van der Waals surface area (Å²) in [5.74, 6) is -0.661. The summed E-state index contributed by atoms with van der Waals surface area (Å²) >= 11 is 0. The lowest BCUT2D eigenvalue weighted by Gasteiger charge is -2.09. The van der Waals surface area contributed by atoms with Crippen molar-refractivity contribution in [2.24, 2.45) is 0 Å². The van der Waals surface area contributed by atoms with Crippen molar-refractivity contribution in [3.05, 3.63) is 53.6 Å². The summed E-state index contributed by atoms with van der Waals surface area (Å²) in [4.78, 5) is 3.27. The number of pyridine rings is 1.